The van der Waals surface area contributed by atoms with Gasteiger partial charge in [0.25, 0.3) is 0 Å². The molecule has 2 aromatic heterocycles. The second kappa shape index (κ2) is 8.92. The molecule has 0 aliphatic heterocycles. The normalized spacial score (nSPS) is 14.2. The Labute approximate surface area is 202 Å². The molecule has 36 heavy (non-hydrogen) atoms. The van der Waals surface area contributed by atoms with E-state index in [9.17, 15) is 22.8 Å². The van der Waals surface area contributed by atoms with Gasteiger partial charge in [-0.25, -0.2) is 22.9 Å². The molecule has 0 atom stereocenters. The first-order valence-electron chi connectivity index (χ1n) is 11.2. The summed E-state index contributed by atoms with van der Waals surface area (Å²) < 4.78 is 65.0. The smallest absolute Gasteiger partial charge is 0.338 e. The highest BCUT2D eigenvalue weighted by molar-refractivity contribution is 5.94. The number of imidazole rings is 1. The Morgan fingerprint density at radius 2 is 1.89 bits per heavy atom. The average molecular weight is 499 g/mol. The van der Waals surface area contributed by atoms with Crippen LogP contribution in [0.2, 0.25) is 0 Å². The van der Waals surface area contributed by atoms with E-state index in [0.29, 0.717) is 12.8 Å². The number of hydrogen-bond acceptors (Lipinski definition) is 4. The number of nitrogens with zero attached hydrogens (tertiary/aromatic N) is 2. The maximum atomic E-state index is 15.1. The Morgan fingerprint density at radius 1 is 1.11 bits per heavy atom. The van der Waals surface area contributed by atoms with Crippen molar-refractivity contribution in [1.82, 2.24) is 14.5 Å². The number of carbonyl (C=O) groups is 1. The van der Waals surface area contributed by atoms with E-state index in [0.717, 1.165) is 18.2 Å². The van der Waals surface area contributed by atoms with Crippen molar-refractivity contribution in [3.63, 3.8) is 0 Å². The van der Waals surface area contributed by atoms with Crippen molar-refractivity contribution in [3.05, 3.63) is 87.2 Å². The maximum Gasteiger partial charge on any atom is 0.338 e. The first-order valence-corrected chi connectivity index (χ1v) is 11.2. The molecule has 0 spiro atoms. The van der Waals surface area contributed by atoms with Crippen LogP contribution in [0.3, 0.4) is 0 Å². The Balaban J connectivity index is 1.60. The molecule has 186 valence electrons. The van der Waals surface area contributed by atoms with Gasteiger partial charge in [-0.15, -0.1) is 0 Å². The molecule has 1 aliphatic rings. The van der Waals surface area contributed by atoms with E-state index in [1.165, 1.54) is 31.4 Å². The van der Waals surface area contributed by atoms with Crippen LogP contribution < -0.4 is 5.56 Å². The quantitative estimate of drug-likeness (QED) is 0.289. The van der Waals surface area contributed by atoms with Gasteiger partial charge < -0.3 is 14.3 Å². The van der Waals surface area contributed by atoms with Gasteiger partial charge in [0.2, 0.25) is 5.56 Å². The van der Waals surface area contributed by atoms with Crippen molar-refractivity contribution < 1.29 is 27.1 Å². The van der Waals surface area contributed by atoms with Gasteiger partial charge >= 0.3 is 5.97 Å². The van der Waals surface area contributed by atoms with Crippen molar-refractivity contribution in [2.24, 2.45) is 5.41 Å². The fourth-order valence-corrected chi connectivity index (χ4v) is 4.33. The third kappa shape index (κ3) is 4.27. The van der Waals surface area contributed by atoms with E-state index >= 15 is 4.39 Å². The number of esters is 1. The van der Waals surface area contributed by atoms with Crippen LogP contribution in [0, 0.1) is 22.9 Å². The van der Waals surface area contributed by atoms with Crippen molar-refractivity contribution >= 4 is 17.0 Å². The van der Waals surface area contributed by atoms with Crippen LogP contribution in [0.4, 0.5) is 17.6 Å². The van der Waals surface area contributed by atoms with Crippen LogP contribution in [0.5, 0.6) is 0 Å². The molecule has 0 saturated heterocycles. The first-order chi connectivity index (χ1) is 17.2. The van der Waals surface area contributed by atoms with Gasteiger partial charge in [-0.3, -0.25) is 9.18 Å². The third-order valence-corrected chi connectivity index (χ3v) is 6.58. The molecule has 10 heteroatoms. The average Bonchev–Trinajstić information content (AvgIpc) is 3.56. The second-order valence-corrected chi connectivity index (χ2v) is 9.09. The summed E-state index contributed by atoms with van der Waals surface area (Å²) in [4.78, 5) is 30.4. The van der Waals surface area contributed by atoms with Crippen molar-refractivity contribution in [2.45, 2.75) is 25.8 Å². The topological polar surface area (TPSA) is 77.0 Å². The molecule has 1 aliphatic carbocycles. The minimum atomic E-state index is -0.784. The van der Waals surface area contributed by atoms with Gasteiger partial charge in [-0.05, 0) is 48.7 Å². The number of rotatable bonds is 7. The van der Waals surface area contributed by atoms with Gasteiger partial charge in [0.1, 0.15) is 23.0 Å². The van der Waals surface area contributed by atoms with Gasteiger partial charge in [-0.1, -0.05) is 6.07 Å². The van der Waals surface area contributed by atoms with Gasteiger partial charge in [0, 0.05) is 30.0 Å². The molecule has 0 bridgehead atoms. The number of fused-ring (bicyclic) bond motifs is 1. The number of ether oxygens (including phenoxy) is 1. The lowest BCUT2D eigenvalue weighted by atomic mass is 10.0. The molecule has 2 aromatic carbocycles. The van der Waals surface area contributed by atoms with E-state index < -0.39 is 41.1 Å². The number of methoxy groups -OCH3 is 1. The fraction of sp³-hybridized carbons (Fsp3) is 0.269. The second-order valence-electron chi connectivity index (χ2n) is 9.09. The molecule has 0 radical (unpaired) electrons. The van der Waals surface area contributed by atoms with Crippen LogP contribution >= 0.6 is 0 Å². The summed E-state index contributed by atoms with van der Waals surface area (Å²) in [6.07, 6.45) is 1.03. The maximum absolute atomic E-state index is 15.1. The SMILES string of the molecule is COC(=O)c1cc(F)c2nc(Cc3cc(F)c(-c4cccc(=O)[nH]4)cc3F)n(CC3(CF)CC3)c2c1. The third-order valence-electron chi connectivity index (χ3n) is 6.58. The number of H-pyrrole nitrogens is 1. The standard InChI is InChI=1S/C26H21F4N3O3/c1-36-25(35)15-8-19(30)24-21(9-15)33(13-26(12-27)5-6-26)22(32-24)10-14-7-18(29)16(11-17(14)28)20-3-2-4-23(34)31-20/h2-4,7-9,11H,5-6,10,12-13H2,1H3,(H,31,34). The number of nitrogens with one attached hydrogen (secondary N) is 1. The predicted octanol–water partition coefficient (Wildman–Crippen LogP) is 4.94. The number of halogens is 4. The van der Waals surface area contributed by atoms with Gasteiger partial charge in [-0.2, -0.15) is 0 Å². The van der Waals surface area contributed by atoms with Gasteiger partial charge in [0.05, 0.1) is 30.6 Å². The Bertz CT molecular complexity index is 1560. The molecule has 0 unspecified atom stereocenters. The number of benzene rings is 2. The molecule has 5 rings (SSSR count). The number of hydrogen-bond donors (Lipinski definition) is 1. The molecule has 2 heterocycles. The Hall–Kier alpha value is -3.95. The number of aromatic nitrogens is 3. The van der Waals surface area contributed by atoms with E-state index in [1.807, 2.05) is 0 Å². The van der Waals surface area contributed by atoms with Crippen LogP contribution in [0.25, 0.3) is 22.3 Å². The van der Waals surface area contributed by atoms with Crippen LogP contribution in [-0.2, 0) is 17.7 Å². The lowest BCUT2D eigenvalue weighted by Crippen LogP contribution is -2.16. The fourth-order valence-electron chi connectivity index (χ4n) is 4.33. The van der Waals surface area contributed by atoms with E-state index in [1.54, 1.807) is 4.57 Å². The summed E-state index contributed by atoms with van der Waals surface area (Å²) in [5.41, 5.74) is -1.02. The minimum absolute atomic E-state index is 0.0428. The zero-order valence-corrected chi connectivity index (χ0v) is 19.2. The van der Waals surface area contributed by atoms with Crippen molar-refractivity contribution in [2.75, 3.05) is 13.8 Å². The van der Waals surface area contributed by atoms with Crippen LogP contribution in [-0.4, -0.2) is 34.3 Å². The zero-order chi connectivity index (χ0) is 25.6. The lowest BCUT2D eigenvalue weighted by Gasteiger charge is -2.16. The van der Waals surface area contributed by atoms with E-state index in [-0.39, 0.29) is 52.2 Å². The Kier molecular flexibility index (Phi) is 5.89. The summed E-state index contributed by atoms with van der Waals surface area (Å²) in [7, 11) is 1.17. The largest absolute Gasteiger partial charge is 0.465 e. The molecule has 1 N–H and O–H groups in total. The molecule has 0 amide bonds. The zero-order valence-electron chi connectivity index (χ0n) is 19.2. The van der Waals surface area contributed by atoms with Gasteiger partial charge in [0.15, 0.2) is 5.82 Å². The van der Waals surface area contributed by atoms with Crippen molar-refractivity contribution in [1.29, 1.82) is 0 Å². The highest BCUT2D eigenvalue weighted by Gasteiger charge is 2.44. The first kappa shape index (κ1) is 23.8. The summed E-state index contributed by atoms with van der Waals surface area (Å²) in [5.74, 6) is -2.85. The lowest BCUT2D eigenvalue weighted by molar-refractivity contribution is 0.0600. The predicted molar refractivity (Wildman–Crippen MR) is 124 cm³/mol. The number of alkyl halides is 1. The molecule has 1 fully saturated rings. The van der Waals surface area contributed by atoms with Crippen molar-refractivity contribution in [3.8, 4) is 11.3 Å². The molecule has 1 saturated carbocycles. The molecular weight excluding hydrogens is 478 g/mol. The molecule has 6 nitrogen and oxygen atoms in total. The number of carbonyl (C=O) groups excluding carboxylic acids is 1. The summed E-state index contributed by atoms with van der Waals surface area (Å²) in [6.45, 7) is -0.453. The van der Waals surface area contributed by atoms with Crippen LogP contribution in [0.1, 0.15) is 34.6 Å². The number of pyridine rings is 1. The van der Waals surface area contributed by atoms with E-state index in [4.69, 9.17) is 4.74 Å². The summed E-state index contributed by atoms with van der Waals surface area (Å²) in [6, 6.07) is 8.50. The minimum Gasteiger partial charge on any atom is -0.465 e. The molecular formula is C26H21F4N3O3. The highest BCUT2D eigenvalue weighted by Crippen LogP contribution is 2.48. The molecule has 4 aromatic rings. The summed E-state index contributed by atoms with van der Waals surface area (Å²) in [5, 5.41) is 0. The monoisotopic (exact) mass is 499 g/mol. The van der Waals surface area contributed by atoms with Crippen LogP contribution in [0.15, 0.2) is 47.3 Å². The Morgan fingerprint density at radius 3 is 2.56 bits per heavy atom. The highest BCUT2D eigenvalue weighted by atomic mass is 19.1. The van der Waals surface area contributed by atoms with E-state index in [2.05, 4.69) is 9.97 Å². The summed E-state index contributed by atoms with van der Waals surface area (Å²) >= 11 is 0. The number of aromatic amines is 1.